The third-order valence-electron chi connectivity index (χ3n) is 6.01. The number of hydrazone groups is 1. The molecule has 188 valence electrons. The Morgan fingerprint density at radius 3 is 2.32 bits per heavy atom. The molecule has 2 atom stereocenters. The highest BCUT2D eigenvalue weighted by Gasteiger charge is 2.39. The third kappa shape index (κ3) is 5.82. The lowest BCUT2D eigenvalue weighted by molar-refractivity contribution is -0.121. The van der Waals surface area contributed by atoms with Gasteiger partial charge in [0.15, 0.2) is 5.17 Å². The lowest BCUT2D eigenvalue weighted by Crippen LogP contribution is -2.25. The van der Waals surface area contributed by atoms with E-state index >= 15 is 0 Å². The molecule has 5 rings (SSSR count). The van der Waals surface area contributed by atoms with E-state index in [4.69, 9.17) is 33.0 Å². The lowest BCUT2D eigenvalue weighted by atomic mass is 9.98. The van der Waals surface area contributed by atoms with E-state index in [2.05, 4.69) is 10.3 Å². The number of hydrogen-bond acceptors (Lipinski definition) is 6. The topological polar surface area (TPSA) is 83.4 Å². The zero-order valence-corrected chi connectivity index (χ0v) is 22.1. The summed E-state index contributed by atoms with van der Waals surface area (Å²) < 4.78 is 5.30. The van der Waals surface area contributed by atoms with Crippen molar-refractivity contribution in [1.29, 1.82) is 0 Å². The lowest BCUT2D eigenvalue weighted by Gasteiger charge is -2.23. The highest BCUT2D eigenvalue weighted by molar-refractivity contribution is 8.15. The number of amides is 2. The van der Waals surface area contributed by atoms with Crippen molar-refractivity contribution in [2.45, 2.75) is 24.1 Å². The minimum absolute atomic E-state index is 0.00603. The fourth-order valence-corrected chi connectivity index (χ4v) is 5.42. The zero-order chi connectivity index (χ0) is 25.9. The number of nitrogens with zero attached hydrogens (tertiary/aromatic N) is 3. The number of hydrogen-bond donors (Lipinski definition) is 1. The number of aliphatic imine (C=N–C) groups is 1. The van der Waals surface area contributed by atoms with E-state index in [9.17, 15) is 9.59 Å². The van der Waals surface area contributed by atoms with Gasteiger partial charge in [-0.15, -0.1) is 0 Å². The van der Waals surface area contributed by atoms with Crippen LogP contribution in [0.2, 0.25) is 10.0 Å². The number of rotatable bonds is 6. The predicted molar refractivity (Wildman–Crippen MR) is 149 cm³/mol. The SMILES string of the molecule is COc1ccc(C2CC(c3ccc(Cl)cc3)=NN2C2=NC(=O)C(CC(=O)Nc3ccc(Cl)cc3)S2)cc1. The molecule has 0 bridgehead atoms. The van der Waals surface area contributed by atoms with Gasteiger partial charge in [-0.2, -0.15) is 10.1 Å². The van der Waals surface area contributed by atoms with E-state index in [1.807, 2.05) is 48.5 Å². The van der Waals surface area contributed by atoms with Crippen molar-refractivity contribution in [2.75, 3.05) is 12.4 Å². The number of thioether (sulfide) groups is 1. The van der Waals surface area contributed by atoms with Crippen LogP contribution in [-0.4, -0.2) is 40.1 Å². The van der Waals surface area contributed by atoms with Crippen LogP contribution in [0.15, 0.2) is 82.9 Å². The minimum Gasteiger partial charge on any atom is -0.497 e. The molecule has 0 aromatic heterocycles. The summed E-state index contributed by atoms with van der Waals surface area (Å²) in [5.74, 6) is 0.125. The first kappa shape index (κ1) is 25.3. The summed E-state index contributed by atoms with van der Waals surface area (Å²) in [4.78, 5) is 29.7. The largest absolute Gasteiger partial charge is 0.497 e. The average Bonchev–Trinajstić information content (AvgIpc) is 3.50. The Labute approximate surface area is 228 Å². The molecule has 3 aromatic carbocycles. The van der Waals surface area contributed by atoms with E-state index in [-0.39, 0.29) is 24.3 Å². The number of anilines is 1. The van der Waals surface area contributed by atoms with Crippen LogP contribution in [0, 0.1) is 0 Å². The van der Waals surface area contributed by atoms with Gasteiger partial charge in [-0.3, -0.25) is 9.59 Å². The summed E-state index contributed by atoms with van der Waals surface area (Å²) >= 11 is 13.2. The number of halogens is 2. The van der Waals surface area contributed by atoms with E-state index in [1.54, 1.807) is 36.4 Å². The normalized spacial score (nSPS) is 19.0. The van der Waals surface area contributed by atoms with Crippen LogP contribution in [-0.2, 0) is 9.59 Å². The summed E-state index contributed by atoms with van der Waals surface area (Å²) in [6.07, 6.45) is 0.609. The number of benzene rings is 3. The summed E-state index contributed by atoms with van der Waals surface area (Å²) in [6.45, 7) is 0. The second-order valence-electron chi connectivity index (χ2n) is 8.49. The summed E-state index contributed by atoms with van der Waals surface area (Å²) in [5.41, 5.74) is 3.42. The molecule has 3 aromatic rings. The maximum Gasteiger partial charge on any atom is 0.262 e. The van der Waals surface area contributed by atoms with Gasteiger partial charge in [-0.25, -0.2) is 5.01 Å². The molecule has 0 spiro atoms. The summed E-state index contributed by atoms with van der Waals surface area (Å²) in [5, 5.41) is 10.5. The van der Waals surface area contributed by atoms with Crippen molar-refractivity contribution in [1.82, 2.24) is 5.01 Å². The molecule has 10 heteroatoms. The first-order valence-corrected chi connectivity index (χ1v) is 13.1. The number of carbonyl (C=O) groups is 2. The Hall–Kier alpha value is -3.33. The molecule has 0 saturated carbocycles. The van der Waals surface area contributed by atoms with Gasteiger partial charge in [0, 0.05) is 28.6 Å². The van der Waals surface area contributed by atoms with Gasteiger partial charge in [0.1, 0.15) is 11.0 Å². The zero-order valence-electron chi connectivity index (χ0n) is 19.7. The molecular weight excluding hydrogens is 531 g/mol. The monoisotopic (exact) mass is 552 g/mol. The van der Waals surface area contributed by atoms with Crippen LogP contribution in [0.3, 0.4) is 0 Å². The van der Waals surface area contributed by atoms with Gasteiger partial charge in [0.25, 0.3) is 5.91 Å². The van der Waals surface area contributed by atoms with Gasteiger partial charge in [-0.1, -0.05) is 59.2 Å². The van der Waals surface area contributed by atoms with Crippen LogP contribution in [0.5, 0.6) is 5.75 Å². The second-order valence-corrected chi connectivity index (χ2v) is 10.5. The number of ether oxygens (including phenoxy) is 1. The number of amidine groups is 1. The maximum absolute atomic E-state index is 12.8. The molecule has 2 amide bonds. The molecule has 2 aliphatic heterocycles. The van der Waals surface area contributed by atoms with Gasteiger partial charge >= 0.3 is 0 Å². The molecule has 37 heavy (non-hydrogen) atoms. The van der Waals surface area contributed by atoms with Crippen LogP contribution >= 0.6 is 35.0 Å². The Kier molecular flexibility index (Phi) is 7.50. The first-order valence-electron chi connectivity index (χ1n) is 11.5. The molecule has 0 saturated heterocycles. The number of carbonyl (C=O) groups excluding carboxylic acids is 2. The standard InChI is InChI=1S/C27H22Cl2N4O3S/c1-36-21-12-4-17(5-13-21)23-14-22(16-2-6-18(28)7-3-16)32-33(23)27-31-26(35)24(37-27)15-25(34)30-20-10-8-19(29)9-11-20/h2-13,23-24H,14-15H2,1H3,(H,30,34). The summed E-state index contributed by atoms with van der Waals surface area (Å²) in [7, 11) is 1.62. The molecule has 2 aliphatic rings. The van der Waals surface area contributed by atoms with E-state index in [1.165, 1.54) is 11.8 Å². The Morgan fingerprint density at radius 2 is 1.68 bits per heavy atom. The van der Waals surface area contributed by atoms with Crippen molar-refractivity contribution in [3.05, 3.63) is 94.0 Å². The average molecular weight is 553 g/mol. The Balaban J connectivity index is 1.35. The van der Waals surface area contributed by atoms with Crippen molar-refractivity contribution < 1.29 is 14.3 Å². The Bertz CT molecular complexity index is 1380. The van der Waals surface area contributed by atoms with Crippen LogP contribution in [0.25, 0.3) is 0 Å². The van der Waals surface area contributed by atoms with Gasteiger partial charge in [0.2, 0.25) is 5.91 Å². The maximum atomic E-state index is 12.8. The Morgan fingerprint density at radius 1 is 1.03 bits per heavy atom. The molecule has 1 N–H and O–H groups in total. The molecule has 0 radical (unpaired) electrons. The van der Waals surface area contributed by atoms with Crippen molar-refractivity contribution >= 4 is 63.3 Å². The van der Waals surface area contributed by atoms with E-state index < -0.39 is 5.25 Å². The first-order chi connectivity index (χ1) is 17.9. The van der Waals surface area contributed by atoms with Gasteiger partial charge in [-0.05, 0) is 59.7 Å². The van der Waals surface area contributed by atoms with Crippen LogP contribution in [0.1, 0.15) is 30.0 Å². The fraction of sp³-hybridized carbons (Fsp3) is 0.185. The number of methoxy groups -OCH3 is 1. The summed E-state index contributed by atoms with van der Waals surface area (Å²) in [6, 6.07) is 21.9. The van der Waals surface area contributed by atoms with E-state index in [0.717, 1.165) is 22.6 Å². The van der Waals surface area contributed by atoms with Crippen LogP contribution < -0.4 is 10.1 Å². The smallest absolute Gasteiger partial charge is 0.262 e. The van der Waals surface area contributed by atoms with E-state index in [0.29, 0.717) is 27.3 Å². The van der Waals surface area contributed by atoms with Crippen molar-refractivity contribution in [3.63, 3.8) is 0 Å². The quantitative estimate of drug-likeness (QED) is 0.394. The molecule has 2 unspecified atom stereocenters. The third-order valence-corrected chi connectivity index (χ3v) is 7.66. The highest BCUT2D eigenvalue weighted by Crippen LogP contribution is 2.39. The molecule has 7 nitrogen and oxygen atoms in total. The molecule has 2 heterocycles. The van der Waals surface area contributed by atoms with Crippen molar-refractivity contribution in [2.24, 2.45) is 10.1 Å². The van der Waals surface area contributed by atoms with Crippen molar-refractivity contribution in [3.8, 4) is 5.75 Å². The second kappa shape index (κ2) is 11.0. The highest BCUT2D eigenvalue weighted by atomic mass is 35.5. The van der Waals surface area contributed by atoms with Gasteiger partial charge in [0.05, 0.1) is 18.9 Å². The predicted octanol–water partition coefficient (Wildman–Crippen LogP) is 6.18. The minimum atomic E-state index is -0.631. The fourth-order valence-electron chi connectivity index (χ4n) is 4.11. The molecular formula is C27H22Cl2N4O3S. The molecule has 0 fully saturated rings. The molecule has 0 aliphatic carbocycles. The number of nitrogens with one attached hydrogen (secondary N) is 1. The van der Waals surface area contributed by atoms with Crippen LogP contribution in [0.4, 0.5) is 5.69 Å². The van der Waals surface area contributed by atoms with Gasteiger partial charge < -0.3 is 10.1 Å².